The molecule has 0 aromatic heterocycles. The van der Waals surface area contributed by atoms with Crippen LogP contribution in [0.25, 0.3) is 0 Å². The highest BCUT2D eigenvalue weighted by Gasteiger charge is 2.83. The fourth-order valence-electron chi connectivity index (χ4n) is 7.04. The van der Waals surface area contributed by atoms with Gasteiger partial charge < -0.3 is 15.3 Å². The molecular weight excluding hydrogens is 278 g/mol. The quantitative estimate of drug-likeness (QED) is 0.808. The molecule has 1 aliphatic heterocycles. The first-order valence-corrected chi connectivity index (χ1v) is 8.69. The van der Waals surface area contributed by atoms with E-state index >= 15 is 0 Å². The van der Waals surface area contributed by atoms with Gasteiger partial charge in [0.05, 0.1) is 18.2 Å². The highest BCUT2D eigenvalue weighted by molar-refractivity contribution is 5.79. The Labute approximate surface area is 130 Å². The number of likely N-dealkylation sites (tertiary alicyclic amines) is 1. The summed E-state index contributed by atoms with van der Waals surface area (Å²) in [5.74, 6) is 1.51. The highest BCUT2D eigenvalue weighted by atomic mass is 16.3. The molecular formula is C17H23N3O2. The minimum Gasteiger partial charge on any atom is -0.390 e. The molecule has 6 unspecified atom stereocenters. The van der Waals surface area contributed by atoms with Crippen LogP contribution in [0.3, 0.4) is 0 Å². The van der Waals surface area contributed by atoms with Gasteiger partial charge in [0.15, 0.2) is 0 Å². The molecule has 1 saturated heterocycles. The van der Waals surface area contributed by atoms with Gasteiger partial charge in [0, 0.05) is 12.1 Å². The number of nitrogens with one attached hydrogen (secondary N) is 1. The van der Waals surface area contributed by atoms with E-state index in [4.69, 9.17) is 5.26 Å². The molecule has 1 heterocycles. The van der Waals surface area contributed by atoms with Gasteiger partial charge in [0.25, 0.3) is 0 Å². The van der Waals surface area contributed by atoms with Crippen molar-refractivity contribution in [2.75, 3.05) is 13.1 Å². The van der Waals surface area contributed by atoms with Crippen LogP contribution in [0.4, 0.5) is 0 Å². The van der Waals surface area contributed by atoms with Crippen molar-refractivity contribution in [2.24, 2.45) is 17.3 Å². The van der Waals surface area contributed by atoms with Crippen molar-refractivity contribution in [1.82, 2.24) is 10.2 Å². The molecule has 1 spiro atoms. The van der Waals surface area contributed by atoms with Crippen LogP contribution >= 0.6 is 0 Å². The summed E-state index contributed by atoms with van der Waals surface area (Å²) in [6, 6.07) is 2.00. The van der Waals surface area contributed by atoms with E-state index < -0.39 is 5.60 Å². The Kier molecular flexibility index (Phi) is 2.34. The third kappa shape index (κ3) is 1.31. The maximum atomic E-state index is 12.5. The standard InChI is InChI=1S/C17H23N3O2/c18-7-13-2-1-3-20(13)14(21)8-19-16-6-12-4-11-5-15(22,9-16)10-17(11,12)16/h11-13,19,22H,1-6,8-10H2. The van der Waals surface area contributed by atoms with Crippen molar-refractivity contribution in [3.05, 3.63) is 0 Å². The van der Waals surface area contributed by atoms with Gasteiger partial charge in [-0.05, 0) is 62.2 Å². The summed E-state index contributed by atoms with van der Waals surface area (Å²) in [6.45, 7) is 1.04. The number of carbonyl (C=O) groups excluding carboxylic acids is 1. The largest absolute Gasteiger partial charge is 0.390 e. The molecule has 5 aliphatic rings. The lowest BCUT2D eigenvalue weighted by atomic mass is 9.35. The molecule has 6 atom stereocenters. The van der Waals surface area contributed by atoms with E-state index in [2.05, 4.69) is 11.4 Å². The van der Waals surface area contributed by atoms with Crippen LogP contribution in [-0.2, 0) is 4.79 Å². The van der Waals surface area contributed by atoms with Crippen LogP contribution in [0.5, 0.6) is 0 Å². The van der Waals surface area contributed by atoms with E-state index in [-0.39, 0.29) is 17.5 Å². The van der Waals surface area contributed by atoms with Gasteiger partial charge >= 0.3 is 0 Å². The lowest BCUT2D eigenvalue weighted by molar-refractivity contribution is -0.211. The monoisotopic (exact) mass is 301 g/mol. The second-order valence-electron chi connectivity index (χ2n) is 8.47. The zero-order chi connectivity index (χ0) is 15.2. The summed E-state index contributed by atoms with van der Waals surface area (Å²) in [6.07, 6.45) is 6.89. The first-order valence-electron chi connectivity index (χ1n) is 8.69. The molecule has 0 aromatic carbocycles. The van der Waals surface area contributed by atoms with Crippen LogP contribution in [0.1, 0.15) is 44.9 Å². The van der Waals surface area contributed by atoms with Gasteiger partial charge in [-0.2, -0.15) is 5.26 Å². The molecule has 0 aromatic rings. The topological polar surface area (TPSA) is 76.4 Å². The van der Waals surface area contributed by atoms with E-state index in [1.807, 2.05) is 0 Å². The number of hydrogen-bond donors (Lipinski definition) is 2. The van der Waals surface area contributed by atoms with E-state index in [0.29, 0.717) is 24.4 Å². The maximum Gasteiger partial charge on any atom is 0.237 e. The molecule has 5 nitrogen and oxygen atoms in total. The molecule has 4 aliphatic carbocycles. The van der Waals surface area contributed by atoms with Crippen molar-refractivity contribution in [3.63, 3.8) is 0 Å². The Morgan fingerprint density at radius 2 is 2.18 bits per heavy atom. The number of rotatable bonds is 3. The fourth-order valence-corrected chi connectivity index (χ4v) is 7.04. The summed E-state index contributed by atoms with van der Waals surface area (Å²) < 4.78 is 0. The van der Waals surface area contributed by atoms with Crippen LogP contribution < -0.4 is 5.32 Å². The van der Waals surface area contributed by atoms with Gasteiger partial charge in [0.2, 0.25) is 5.91 Å². The molecule has 2 N–H and O–H groups in total. The van der Waals surface area contributed by atoms with Gasteiger partial charge in [-0.3, -0.25) is 4.79 Å². The van der Waals surface area contributed by atoms with Crippen LogP contribution in [0, 0.1) is 28.6 Å². The Bertz CT molecular complexity index is 601. The van der Waals surface area contributed by atoms with Crippen molar-refractivity contribution in [3.8, 4) is 6.07 Å². The zero-order valence-electron chi connectivity index (χ0n) is 12.8. The van der Waals surface area contributed by atoms with E-state index in [0.717, 1.165) is 44.4 Å². The molecule has 118 valence electrons. The predicted molar refractivity (Wildman–Crippen MR) is 78.5 cm³/mol. The number of amides is 1. The molecule has 5 rings (SSSR count). The fraction of sp³-hybridized carbons (Fsp3) is 0.882. The van der Waals surface area contributed by atoms with Gasteiger partial charge in [-0.15, -0.1) is 0 Å². The molecule has 22 heavy (non-hydrogen) atoms. The van der Waals surface area contributed by atoms with Crippen molar-refractivity contribution in [2.45, 2.75) is 62.1 Å². The first kappa shape index (κ1) is 13.3. The van der Waals surface area contributed by atoms with E-state index in [9.17, 15) is 9.90 Å². The van der Waals surface area contributed by atoms with Crippen molar-refractivity contribution < 1.29 is 9.90 Å². The van der Waals surface area contributed by atoms with Gasteiger partial charge in [0.1, 0.15) is 6.04 Å². The Balaban J connectivity index is 1.30. The Morgan fingerprint density at radius 3 is 2.91 bits per heavy atom. The Morgan fingerprint density at radius 1 is 1.36 bits per heavy atom. The summed E-state index contributed by atoms with van der Waals surface area (Å²) >= 11 is 0. The van der Waals surface area contributed by atoms with Gasteiger partial charge in [-0.1, -0.05) is 0 Å². The number of fused-ring (bicyclic) bond motifs is 1. The third-order valence-corrected chi connectivity index (χ3v) is 7.69. The minimum absolute atomic E-state index is 0.00507. The summed E-state index contributed by atoms with van der Waals surface area (Å²) in [4.78, 5) is 14.2. The predicted octanol–water partition coefficient (Wildman–Crippen LogP) is 0.784. The highest BCUT2D eigenvalue weighted by Crippen LogP contribution is 2.83. The second kappa shape index (κ2) is 3.85. The molecule has 4 saturated carbocycles. The smallest absolute Gasteiger partial charge is 0.237 e. The molecule has 0 radical (unpaired) electrons. The second-order valence-corrected chi connectivity index (χ2v) is 8.47. The van der Waals surface area contributed by atoms with E-state index in [1.165, 1.54) is 6.42 Å². The summed E-state index contributed by atoms with van der Waals surface area (Å²) in [5.41, 5.74) is -0.179. The summed E-state index contributed by atoms with van der Waals surface area (Å²) in [5, 5.41) is 23.5. The maximum absolute atomic E-state index is 12.5. The van der Waals surface area contributed by atoms with Crippen LogP contribution in [0.2, 0.25) is 0 Å². The number of hydrogen-bond acceptors (Lipinski definition) is 4. The van der Waals surface area contributed by atoms with Crippen LogP contribution in [-0.4, -0.2) is 46.2 Å². The lowest BCUT2D eigenvalue weighted by Crippen LogP contribution is -2.77. The number of carbonyl (C=O) groups is 1. The van der Waals surface area contributed by atoms with Gasteiger partial charge in [-0.25, -0.2) is 0 Å². The van der Waals surface area contributed by atoms with Crippen molar-refractivity contribution in [1.29, 1.82) is 5.26 Å². The minimum atomic E-state index is -0.477. The van der Waals surface area contributed by atoms with E-state index in [1.54, 1.807) is 4.90 Å². The molecule has 1 amide bonds. The SMILES string of the molecule is N#CC1CCCN1C(=O)CNC12CC3CC4CC(O)(C1)CC432. The average molecular weight is 301 g/mol. The summed E-state index contributed by atoms with van der Waals surface area (Å²) in [7, 11) is 0. The zero-order valence-corrected chi connectivity index (χ0v) is 12.8. The molecule has 5 heteroatoms. The first-order chi connectivity index (χ1) is 10.5. The number of nitriles is 1. The molecule has 5 fully saturated rings. The Hall–Kier alpha value is -1.12. The van der Waals surface area contributed by atoms with Crippen molar-refractivity contribution >= 4 is 5.91 Å². The number of aliphatic hydroxyl groups is 1. The number of nitrogens with zero attached hydrogens (tertiary/aromatic N) is 2. The molecule has 2 bridgehead atoms. The lowest BCUT2D eigenvalue weighted by Gasteiger charge is -2.73. The average Bonchev–Trinajstić information content (AvgIpc) is 3.10. The normalized spacial score (nSPS) is 53.6. The third-order valence-electron chi connectivity index (χ3n) is 7.69. The van der Waals surface area contributed by atoms with Crippen LogP contribution in [0.15, 0.2) is 0 Å².